The summed E-state index contributed by atoms with van der Waals surface area (Å²) in [6.45, 7) is 6.74. The molecule has 0 fully saturated rings. The predicted octanol–water partition coefficient (Wildman–Crippen LogP) is 4.95. The molecule has 0 aliphatic heterocycles. The molecule has 0 aliphatic rings. The van der Waals surface area contributed by atoms with Gasteiger partial charge in [0.25, 0.3) is 5.91 Å². The standard InChI is InChI=1S/C28H27ClN4O6S/c1-14-11-20(16(3)30-22-9-10-23(29)32-24(22)28(36)33-40(5,37)38)27-21(12-14)25(35)15(2)26(39-27)18-7-6-8-19(13-18)31-17(4)34/h6-13,16,30H,1-5H3,(H,31,34)(H,33,36)/t16-/m1/s1. The van der Waals surface area contributed by atoms with Gasteiger partial charge in [0.15, 0.2) is 11.1 Å². The third-order valence-electron chi connectivity index (χ3n) is 6.03. The Hall–Kier alpha value is -4.22. The first-order valence-electron chi connectivity index (χ1n) is 12.1. The number of fused-ring (bicyclic) bond motifs is 1. The van der Waals surface area contributed by atoms with E-state index in [1.807, 2.05) is 17.7 Å². The molecule has 12 heteroatoms. The molecular formula is C28H27ClN4O6S. The van der Waals surface area contributed by atoms with Crippen LogP contribution < -0.4 is 20.8 Å². The third-order valence-corrected chi connectivity index (χ3v) is 6.80. The minimum atomic E-state index is -3.85. The molecule has 0 radical (unpaired) electrons. The van der Waals surface area contributed by atoms with Gasteiger partial charge in [-0.05, 0) is 56.7 Å². The van der Waals surface area contributed by atoms with Crippen molar-refractivity contribution in [2.24, 2.45) is 0 Å². The average Bonchev–Trinajstić information content (AvgIpc) is 2.85. The van der Waals surface area contributed by atoms with Crippen LogP contribution in [0.3, 0.4) is 0 Å². The number of hydrogen-bond donors (Lipinski definition) is 3. The van der Waals surface area contributed by atoms with Gasteiger partial charge in [-0.15, -0.1) is 0 Å². The highest BCUT2D eigenvalue weighted by Gasteiger charge is 2.22. The van der Waals surface area contributed by atoms with E-state index >= 15 is 0 Å². The van der Waals surface area contributed by atoms with E-state index in [0.29, 0.717) is 39.1 Å². The first kappa shape index (κ1) is 28.8. The van der Waals surface area contributed by atoms with Crippen LogP contribution in [0.2, 0.25) is 5.15 Å². The number of hydrogen-bond acceptors (Lipinski definition) is 8. The molecule has 2 amide bonds. The van der Waals surface area contributed by atoms with E-state index in [1.165, 1.54) is 19.1 Å². The Bertz CT molecular complexity index is 1840. The van der Waals surface area contributed by atoms with E-state index in [-0.39, 0.29) is 27.9 Å². The molecule has 4 rings (SSSR count). The van der Waals surface area contributed by atoms with Crippen LogP contribution in [-0.2, 0) is 14.8 Å². The maximum absolute atomic E-state index is 13.5. The summed E-state index contributed by atoms with van der Waals surface area (Å²) >= 11 is 5.99. The van der Waals surface area contributed by atoms with Gasteiger partial charge >= 0.3 is 0 Å². The fraction of sp³-hybridized carbons (Fsp3) is 0.214. The van der Waals surface area contributed by atoms with Gasteiger partial charge in [0.1, 0.15) is 16.5 Å². The Balaban J connectivity index is 1.83. The fourth-order valence-electron chi connectivity index (χ4n) is 4.36. The molecule has 208 valence electrons. The highest BCUT2D eigenvalue weighted by Crippen LogP contribution is 2.33. The van der Waals surface area contributed by atoms with Crippen molar-refractivity contribution in [2.45, 2.75) is 33.7 Å². The van der Waals surface area contributed by atoms with Gasteiger partial charge in [0.2, 0.25) is 15.9 Å². The van der Waals surface area contributed by atoms with Crippen molar-refractivity contribution < 1.29 is 22.4 Å². The molecule has 0 saturated carbocycles. The fourth-order valence-corrected chi connectivity index (χ4v) is 4.94. The smallest absolute Gasteiger partial charge is 0.285 e. The number of benzene rings is 2. The molecular weight excluding hydrogens is 556 g/mol. The quantitative estimate of drug-likeness (QED) is 0.259. The van der Waals surface area contributed by atoms with Crippen molar-refractivity contribution in [3.63, 3.8) is 0 Å². The normalized spacial score (nSPS) is 12.2. The first-order valence-corrected chi connectivity index (χ1v) is 14.4. The van der Waals surface area contributed by atoms with Crippen LogP contribution >= 0.6 is 11.6 Å². The molecule has 40 heavy (non-hydrogen) atoms. The van der Waals surface area contributed by atoms with Crippen molar-refractivity contribution in [2.75, 3.05) is 16.9 Å². The number of nitrogens with zero attached hydrogens (tertiary/aromatic N) is 1. The summed E-state index contributed by atoms with van der Waals surface area (Å²) in [6.07, 6.45) is 0.859. The second-order valence-corrected chi connectivity index (χ2v) is 11.6. The Labute approximate surface area is 235 Å². The van der Waals surface area contributed by atoms with Gasteiger partial charge in [0, 0.05) is 29.3 Å². The highest BCUT2D eigenvalue weighted by molar-refractivity contribution is 7.89. The molecule has 2 aromatic carbocycles. The highest BCUT2D eigenvalue weighted by atomic mass is 35.5. The molecule has 4 aromatic rings. The summed E-state index contributed by atoms with van der Waals surface area (Å²) in [5.41, 5.74) is 3.15. The molecule has 2 heterocycles. The average molecular weight is 583 g/mol. The first-order chi connectivity index (χ1) is 18.7. The minimum absolute atomic E-state index is 0.00506. The molecule has 10 nitrogen and oxygen atoms in total. The number of amides is 2. The van der Waals surface area contributed by atoms with Gasteiger partial charge in [-0.3, -0.25) is 14.4 Å². The Morgan fingerprint density at radius 3 is 2.48 bits per heavy atom. The second-order valence-electron chi connectivity index (χ2n) is 9.48. The summed E-state index contributed by atoms with van der Waals surface area (Å²) < 4.78 is 31.6. The second kappa shape index (κ2) is 11.1. The van der Waals surface area contributed by atoms with Crippen LogP contribution in [0.25, 0.3) is 22.3 Å². The largest absolute Gasteiger partial charge is 0.455 e. The van der Waals surface area contributed by atoms with Crippen molar-refractivity contribution >= 4 is 55.8 Å². The molecule has 2 aromatic heterocycles. The van der Waals surface area contributed by atoms with E-state index < -0.39 is 22.0 Å². The molecule has 0 bridgehead atoms. The van der Waals surface area contributed by atoms with E-state index in [9.17, 15) is 22.8 Å². The monoisotopic (exact) mass is 582 g/mol. The van der Waals surface area contributed by atoms with Gasteiger partial charge in [-0.2, -0.15) is 0 Å². The number of pyridine rings is 1. The van der Waals surface area contributed by atoms with Gasteiger partial charge in [-0.25, -0.2) is 18.1 Å². The number of carbonyl (C=O) groups is 2. The van der Waals surface area contributed by atoms with Crippen molar-refractivity contribution in [1.29, 1.82) is 0 Å². The van der Waals surface area contributed by atoms with Crippen molar-refractivity contribution in [3.8, 4) is 11.3 Å². The number of carbonyl (C=O) groups excluding carboxylic acids is 2. The van der Waals surface area contributed by atoms with Crippen molar-refractivity contribution in [1.82, 2.24) is 9.71 Å². The topological polar surface area (TPSA) is 147 Å². The van der Waals surface area contributed by atoms with Crippen LogP contribution in [0.15, 0.2) is 57.7 Å². The Kier molecular flexibility index (Phi) is 7.99. The van der Waals surface area contributed by atoms with E-state index in [0.717, 1.165) is 11.8 Å². The number of halogens is 1. The predicted molar refractivity (Wildman–Crippen MR) is 155 cm³/mol. The third kappa shape index (κ3) is 6.32. The van der Waals surface area contributed by atoms with Crippen LogP contribution in [-0.4, -0.2) is 31.5 Å². The SMILES string of the molecule is CC(=O)Nc1cccc(-c2oc3c([C@@H](C)Nc4ccc(Cl)nc4C(=O)NS(C)(=O)=O)cc(C)cc3c(=O)c2C)c1. The maximum Gasteiger partial charge on any atom is 0.285 e. The van der Waals surface area contributed by atoms with Gasteiger partial charge in [-0.1, -0.05) is 29.8 Å². The Morgan fingerprint density at radius 2 is 1.80 bits per heavy atom. The van der Waals surface area contributed by atoms with E-state index in [4.69, 9.17) is 16.0 Å². The number of aromatic nitrogens is 1. The summed E-state index contributed by atoms with van der Waals surface area (Å²) in [7, 11) is -3.85. The van der Waals surface area contributed by atoms with Crippen molar-refractivity contribution in [3.05, 3.63) is 86.3 Å². The summed E-state index contributed by atoms with van der Waals surface area (Å²) in [5.74, 6) is -0.826. The zero-order valence-electron chi connectivity index (χ0n) is 22.4. The molecule has 0 aliphatic carbocycles. The summed E-state index contributed by atoms with van der Waals surface area (Å²) in [5, 5.41) is 6.29. The maximum atomic E-state index is 13.5. The lowest BCUT2D eigenvalue weighted by Crippen LogP contribution is -2.31. The van der Waals surface area contributed by atoms with Crippen LogP contribution in [0.1, 0.15) is 47.1 Å². The number of rotatable bonds is 7. The lowest BCUT2D eigenvalue weighted by Gasteiger charge is -2.20. The summed E-state index contributed by atoms with van der Waals surface area (Å²) in [6, 6.07) is 13.0. The number of sulfonamides is 1. The minimum Gasteiger partial charge on any atom is -0.455 e. The summed E-state index contributed by atoms with van der Waals surface area (Å²) in [4.78, 5) is 41.7. The number of nitrogens with one attached hydrogen (secondary N) is 3. The van der Waals surface area contributed by atoms with E-state index in [2.05, 4.69) is 15.6 Å². The molecule has 1 atom stereocenters. The van der Waals surface area contributed by atoms with Gasteiger partial charge < -0.3 is 15.1 Å². The van der Waals surface area contributed by atoms with Crippen LogP contribution in [0.4, 0.5) is 11.4 Å². The molecule has 3 N–H and O–H groups in total. The zero-order chi connectivity index (χ0) is 29.4. The lowest BCUT2D eigenvalue weighted by molar-refractivity contribution is -0.114. The molecule has 0 saturated heterocycles. The molecule has 0 unspecified atom stereocenters. The van der Waals surface area contributed by atoms with Gasteiger partial charge in [0.05, 0.1) is 23.4 Å². The number of anilines is 2. The number of aryl methyl sites for hydroxylation is 1. The Morgan fingerprint density at radius 1 is 1.07 bits per heavy atom. The molecule has 0 spiro atoms. The van der Waals surface area contributed by atoms with Crippen LogP contribution in [0.5, 0.6) is 0 Å². The zero-order valence-corrected chi connectivity index (χ0v) is 24.0. The van der Waals surface area contributed by atoms with Crippen LogP contribution in [0, 0.1) is 13.8 Å². The lowest BCUT2D eigenvalue weighted by atomic mass is 9.98. The van der Waals surface area contributed by atoms with E-state index in [1.54, 1.807) is 44.2 Å².